The molecule has 0 saturated carbocycles. The molecule has 1 aromatic heterocycles. The van der Waals surface area contributed by atoms with Crippen LogP contribution in [0.5, 0.6) is 0 Å². The number of hydrogen-bond donors (Lipinski definition) is 3. The van der Waals surface area contributed by atoms with Crippen molar-refractivity contribution in [1.29, 1.82) is 0 Å². The molecule has 9 heteroatoms. The fraction of sp³-hybridized carbons (Fsp3) is 0.312. The summed E-state index contributed by atoms with van der Waals surface area (Å²) in [5, 5.41) is 5.53. The Balaban J connectivity index is 1.93. The fourth-order valence-electron chi connectivity index (χ4n) is 1.88. The summed E-state index contributed by atoms with van der Waals surface area (Å²) in [5.74, 6) is -0.157. The SMILES string of the molecule is CC(=O)NCCC(=O)OCc1nc(N)nc(Nc2ccc(C)cc2)n1. The van der Waals surface area contributed by atoms with Gasteiger partial charge in [0.2, 0.25) is 17.8 Å². The number of nitrogens with one attached hydrogen (secondary N) is 2. The van der Waals surface area contributed by atoms with Crippen LogP contribution in [0.25, 0.3) is 0 Å². The highest BCUT2D eigenvalue weighted by molar-refractivity contribution is 5.74. The first-order valence-electron chi connectivity index (χ1n) is 7.66. The Bertz CT molecular complexity index is 748. The van der Waals surface area contributed by atoms with Crippen molar-refractivity contribution in [2.45, 2.75) is 26.9 Å². The lowest BCUT2D eigenvalue weighted by Gasteiger charge is -2.08. The maximum Gasteiger partial charge on any atom is 0.308 e. The van der Waals surface area contributed by atoms with E-state index in [1.165, 1.54) is 6.92 Å². The monoisotopic (exact) mass is 344 g/mol. The van der Waals surface area contributed by atoms with Gasteiger partial charge in [-0.2, -0.15) is 15.0 Å². The minimum atomic E-state index is -0.472. The summed E-state index contributed by atoms with van der Waals surface area (Å²) in [7, 11) is 0. The number of esters is 1. The van der Waals surface area contributed by atoms with Gasteiger partial charge in [0, 0.05) is 19.2 Å². The Morgan fingerprint density at radius 3 is 2.56 bits per heavy atom. The predicted octanol–water partition coefficient (Wildman–Crippen LogP) is 1.08. The van der Waals surface area contributed by atoms with E-state index < -0.39 is 5.97 Å². The van der Waals surface area contributed by atoms with Gasteiger partial charge in [0.15, 0.2) is 12.4 Å². The predicted molar refractivity (Wildman–Crippen MR) is 91.8 cm³/mol. The average molecular weight is 344 g/mol. The summed E-state index contributed by atoms with van der Waals surface area (Å²) < 4.78 is 5.06. The molecule has 0 fully saturated rings. The second kappa shape index (κ2) is 8.57. The number of amides is 1. The Kier molecular flexibility index (Phi) is 6.21. The van der Waals surface area contributed by atoms with Crippen LogP contribution in [-0.4, -0.2) is 33.4 Å². The van der Waals surface area contributed by atoms with Crippen LogP contribution >= 0.6 is 0 Å². The van der Waals surface area contributed by atoms with E-state index in [0.29, 0.717) is 0 Å². The van der Waals surface area contributed by atoms with E-state index in [9.17, 15) is 9.59 Å². The molecule has 1 amide bonds. The lowest BCUT2D eigenvalue weighted by molar-refractivity contribution is -0.145. The highest BCUT2D eigenvalue weighted by Crippen LogP contribution is 2.14. The Morgan fingerprint density at radius 2 is 1.88 bits per heavy atom. The standard InChI is InChI=1S/C16H20N6O3/c1-10-3-5-12(6-4-10)19-16-21-13(20-15(17)22-16)9-25-14(24)7-8-18-11(2)23/h3-6H,7-9H2,1-2H3,(H,18,23)(H3,17,19,20,21,22). The number of benzene rings is 1. The van der Waals surface area contributed by atoms with Gasteiger partial charge in [-0.15, -0.1) is 0 Å². The maximum absolute atomic E-state index is 11.6. The highest BCUT2D eigenvalue weighted by Gasteiger charge is 2.09. The summed E-state index contributed by atoms with van der Waals surface area (Å²) in [6.45, 7) is 3.45. The maximum atomic E-state index is 11.6. The summed E-state index contributed by atoms with van der Waals surface area (Å²) in [5.41, 5.74) is 7.60. The van der Waals surface area contributed by atoms with Crippen LogP contribution in [0.1, 0.15) is 24.7 Å². The van der Waals surface area contributed by atoms with Crippen LogP contribution in [0.3, 0.4) is 0 Å². The van der Waals surface area contributed by atoms with E-state index in [2.05, 4.69) is 25.6 Å². The van der Waals surface area contributed by atoms with Crippen molar-refractivity contribution in [3.05, 3.63) is 35.7 Å². The van der Waals surface area contributed by atoms with Crippen molar-refractivity contribution < 1.29 is 14.3 Å². The molecule has 2 rings (SSSR count). The second-order valence-electron chi connectivity index (χ2n) is 5.32. The van der Waals surface area contributed by atoms with Gasteiger partial charge in [-0.3, -0.25) is 9.59 Å². The van der Waals surface area contributed by atoms with Crippen molar-refractivity contribution >= 4 is 29.5 Å². The Morgan fingerprint density at radius 1 is 1.16 bits per heavy atom. The molecule has 132 valence electrons. The molecule has 0 aliphatic rings. The molecule has 2 aromatic rings. The molecule has 0 bridgehead atoms. The quantitative estimate of drug-likeness (QED) is 0.636. The van der Waals surface area contributed by atoms with E-state index in [4.69, 9.17) is 10.5 Å². The molecule has 9 nitrogen and oxygen atoms in total. The van der Waals surface area contributed by atoms with E-state index in [-0.39, 0.29) is 43.2 Å². The number of aromatic nitrogens is 3. The molecule has 0 unspecified atom stereocenters. The molecule has 1 aromatic carbocycles. The van der Waals surface area contributed by atoms with Crippen molar-refractivity contribution in [3.63, 3.8) is 0 Å². The zero-order valence-electron chi connectivity index (χ0n) is 14.1. The van der Waals surface area contributed by atoms with E-state index >= 15 is 0 Å². The normalized spacial score (nSPS) is 10.2. The number of nitrogens with zero attached hydrogens (tertiary/aromatic N) is 3. The minimum absolute atomic E-state index is 0.0221. The van der Waals surface area contributed by atoms with Crippen molar-refractivity contribution in [3.8, 4) is 0 Å². The molecule has 0 saturated heterocycles. The van der Waals surface area contributed by atoms with Crippen LogP contribution in [-0.2, 0) is 20.9 Å². The van der Waals surface area contributed by atoms with Gasteiger partial charge in [-0.05, 0) is 19.1 Å². The number of hydrogen-bond acceptors (Lipinski definition) is 8. The third kappa shape index (κ3) is 6.42. The molecule has 0 spiro atoms. The Hall–Kier alpha value is -3.23. The van der Waals surface area contributed by atoms with Crippen molar-refractivity contribution in [2.75, 3.05) is 17.6 Å². The van der Waals surface area contributed by atoms with Crippen LogP contribution < -0.4 is 16.4 Å². The second-order valence-corrected chi connectivity index (χ2v) is 5.32. The Labute approximate surface area is 145 Å². The third-order valence-electron chi connectivity index (χ3n) is 3.07. The topological polar surface area (TPSA) is 132 Å². The zero-order chi connectivity index (χ0) is 18.2. The van der Waals surface area contributed by atoms with E-state index in [0.717, 1.165) is 11.3 Å². The fourth-order valence-corrected chi connectivity index (χ4v) is 1.88. The highest BCUT2D eigenvalue weighted by atomic mass is 16.5. The smallest absolute Gasteiger partial charge is 0.308 e. The van der Waals surface area contributed by atoms with Gasteiger partial charge in [0.05, 0.1) is 6.42 Å². The summed E-state index contributed by atoms with van der Waals surface area (Å²) in [4.78, 5) is 34.5. The van der Waals surface area contributed by atoms with Crippen LogP contribution in [0.15, 0.2) is 24.3 Å². The zero-order valence-corrected chi connectivity index (χ0v) is 14.1. The lowest BCUT2D eigenvalue weighted by Crippen LogP contribution is -2.23. The first kappa shape index (κ1) is 18.1. The molecule has 0 radical (unpaired) electrons. The van der Waals surface area contributed by atoms with Crippen LogP contribution in [0.2, 0.25) is 0 Å². The number of anilines is 3. The summed E-state index contributed by atoms with van der Waals surface area (Å²) in [6, 6.07) is 7.67. The molecule has 25 heavy (non-hydrogen) atoms. The lowest BCUT2D eigenvalue weighted by atomic mass is 10.2. The summed E-state index contributed by atoms with van der Waals surface area (Å²) in [6.07, 6.45) is 0.0641. The van der Waals surface area contributed by atoms with Crippen LogP contribution in [0, 0.1) is 6.92 Å². The van der Waals surface area contributed by atoms with Gasteiger partial charge in [0.1, 0.15) is 0 Å². The first-order chi connectivity index (χ1) is 11.9. The van der Waals surface area contributed by atoms with Gasteiger partial charge in [0.25, 0.3) is 0 Å². The molecular formula is C16H20N6O3. The van der Waals surface area contributed by atoms with Gasteiger partial charge < -0.3 is 21.1 Å². The molecule has 0 aliphatic carbocycles. The van der Waals surface area contributed by atoms with Crippen molar-refractivity contribution in [1.82, 2.24) is 20.3 Å². The van der Waals surface area contributed by atoms with Crippen molar-refractivity contribution in [2.24, 2.45) is 0 Å². The largest absolute Gasteiger partial charge is 0.457 e. The number of nitrogens with two attached hydrogens (primary N) is 1. The van der Waals surface area contributed by atoms with Gasteiger partial charge in [-0.1, -0.05) is 17.7 Å². The first-order valence-corrected chi connectivity index (χ1v) is 7.66. The average Bonchev–Trinajstić information content (AvgIpc) is 2.54. The van der Waals surface area contributed by atoms with Gasteiger partial charge >= 0.3 is 5.97 Å². The van der Waals surface area contributed by atoms with Crippen LogP contribution in [0.4, 0.5) is 17.6 Å². The molecule has 0 atom stereocenters. The minimum Gasteiger partial charge on any atom is -0.457 e. The number of nitrogen functional groups attached to an aromatic ring is 1. The third-order valence-corrected chi connectivity index (χ3v) is 3.07. The number of ether oxygens (including phenoxy) is 1. The van der Waals surface area contributed by atoms with Gasteiger partial charge in [-0.25, -0.2) is 0 Å². The number of aryl methyl sites for hydroxylation is 1. The molecule has 1 heterocycles. The number of carbonyl (C=O) groups is 2. The summed E-state index contributed by atoms with van der Waals surface area (Å²) >= 11 is 0. The number of rotatable bonds is 7. The molecule has 4 N–H and O–H groups in total. The molecule has 0 aliphatic heterocycles. The number of carbonyl (C=O) groups excluding carboxylic acids is 2. The van der Waals surface area contributed by atoms with E-state index in [1.807, 2.05) is 31.2 Å². The van der Waals surface area contributed by atoms with E-state index in [1.54, 1.807) is 0 Å². The molecular weight excluding hydrogens is 324 g/mol.